The Morgan fingerprint density at radius 1 is 0.967 bits per heavy atom. The zero-order valence-corrected chi connectivity index (χ0v) is 19.7. The number of amides is 2. The third kappa shape index (κ3) is 13.4. The monoisotopic (exact) mass is 481 g/mol. The van der Waals surface area contributed by atoms with E-state index in [0.29, 0.717) is 12.0 Å². The summed E-state index contributed by atoms with van der Waals surface area (Å²) in [5.41, 5.74) is 2.81. The SMILES string of the molecule is CCCCCCCCCCCCCC(=O)NCC(=O)NN=Cc1cc(Br)ccc1O. The van der Waals surface area contributed by atoms with E-state index in [1.165, 1.54) is 70.1 Å². The molecular weight excluding hydrogens is 446 g/mol. The molecule has 0 unspecified atom stereocenters. The third-order valence-electron chi connectivity index (χ3n) is 4.84. The van der Waals surface area contributed by atoms with Gasteiger partial charge in [0, 0.05) is 16.5 Å². The molecule has 0 saturated heterocycles. The van der Waals surface area contributed by atoms with E-state index in [9.17, 15) is 14.7 Å². The van der Waals surface area contributed by atoms with E-state index < -0.39 is 5.91 Å². The normalized spacial score (nSPS) is 11.0. The minimum Gasteiger partial charge on any atom is -0.507 e. The molecule has 3 N–H and O–H groups in total. The number of aromatic hydroxyl groups is 1. The van der Waals surface area contributed by atoms with E-state index in [4.69, 9.17) is 0 Å². The highest BCUT2D eigenvalue weighted by molar-refractivity contribution is 9.10. The first kappa shape index (κ1) is 26.1. The lowest BCUT2D eigenvalue weighted by Crippen LogP contribution is -2.34. The fraction of sp³-hybridized carbons (Fsp3) is 0.609. The molecule has 0 atom stereocenters. The minimum atomic E-state index is -0.409. The molecule has 1 rings (SSSR count). The average molecular weight is 482 g/mol. The van der Waals surface area contributed by atoms with Gasteiger partial charge in [-0.05, 0) is 24.6 Å². The largest absolute Gasteiger partial charge is 0.507 e. The molecule has 0 aliphatic rings. The maximum absolute atomic E-state index is 11.8. The van der Waals surface area contributed by atoms with Crippen LogP contribution >= 0.6 is 15.9 Å². The fourth-order valence-corrected chi connectivity index (χ4v) is 3.44. The molecule has 1 aromatic carbocycles. The quantitative estimate of drug-likeness (QED) is 0.167. The molecule has 0 aliphatic carbocycles. The summed E-state index contributed by atoms with van der Waals surface area (Å²) in [6.07, 6.45) is 15.4. The van der Waals surface area contributed by atoms with Crippen molar-refractivity contribution in [3.63, 3.8) is 0 Å². The van der Waals surface area contributed by atoms with Gasteiger partial charge in [-0.2, -0.15) is 5.10 Å². The summed E-state index contributed by atoms with van der Waals surface area (Å²) in [6, 6.07) is 4.92. The molecule has 0 fully saturated rings. The van der Waals surface area contributed by atoms with Crippen molar-refractivity contribution in [3.8, 4) is 5.75 Å². The van der Waals surface area contributed by atoms with E-state index in [2.05, 4.69) is 38.7 Å². The molecule has 6 nitrogen and oxygen atoms in total. The van der Waals surface area contributed by atoms with E-state index in [0.717, 1.165) is 17.3 Å². The van der Waals surface area contributed by atoms with Crippen molar-refractivity contribution in [1.29, 1.82) is 0 Å². The molecule has 1 aromatic rings. The summed E-state index contributed by atoms with van der Waals surface area (Å²) in [7, 11) is 0. The molecular formula is C23H36BrN3O3. The van der Waals surface area contributed by atoms with Crippen molar-refractivity contribution in [1.82, 2.24) is 10.7 Å². The molecule has 0 bridgehead atoms. The van der Waals surface area contributed by atoms with Crippen molar-refractivity contribution >= 4 is 34.0 Å². The molecule has 168 valence electrons. The third-order valence-corrected chi connectivity index (χ3v) is 5.33. The second kappa shape index (κ2) is 16.9. The van der Waals surface area contributed by atoms with Gasteiger partial charge in [-0.3, -0.25) is 9.59 Å². The van der Waals surface area contributed by atoms with Gasteiger partial charge < -0.3 is 10.4 Å². The van der Waals surface area contributed by atoms with Gasteiger partial charge in [-0.1, -0.05) is 87.1 Å². The fourth-order valence-electron chi connectivity index (χ4n) is 3.06. The van der Waals surface area contributed by atoms with Crippen LogP contribution in [0.15, 0.2) is 27.8 Å². The number of unbranched alkanes of at least 4 members (excludes halogenated alkanes) is 10. The molecule has 0 aromatic heterocycles. The lowest BCUT2D eigenvalue weighted by molar-refractivity contribution is -0.126. The molecule has 30 heavy (non-hydrogen) atoms. The second-order valence-corrected chi connectivity index (χ2v) is 8.47. The highest BCUT2D eigenvalue weighted by Crippen LogP contribution is 2.19. The number of rotatable bonds is 16. The van der Waals surface area contributed by atoms with Crippen LogP contribution in [-0.2, 0) is 9.59 Å². The molecule has 7 heteroatoms. The Hall–Kier alpha value is -1.89. The van der Waals surface area contributed by atoms with E-state index in [1.807, 2.05) is 0 Å². The summed E-state index contributed by atoms with van der Waals surface area (Å²) in [5.74, 6) is -0.459. The maximum atomic E-state index is 11.8. The van der Waals surface area contributed by atoms with Crippen LogP contribution in [-0.4, -0.2) is 29.7 Å². The Balaban J connectivity index is 2.01. The van der Waals surface area contributed by atoms with Gasteiger partial charge in [-0.25, -0.2) is 5.43 Å². The first-order valence-electron chi connectivity index (χ1n) is 11.1. The predicted octanol–water partition coefficient (Wildman–Crippen LogP) is 5.42. The van der Waals surface area contributed by atoms with Crippen LogP contribution in [0.25, 0.3) is 0 Å². The minimum absolute atomic E-state index is 0.0662. The number of phenolic OH excluding ortho intramolecular Hbond substituents is 1. The number of nitrogens with one attached hydrogen (secondary N) is 2. The number of carbonyl (C=O) groups excluding carboxylic acids is 2. The predicted molar refractivity (Wildman–Crippen MR) is 126 cm³/mol. The van der Waals surface area contributed by atoms with Gasteiger partial charge in [0.05, 0.1) is 12.8 Å². The first-order valence-corrected chi connectivity index (χ1v) is 11.9. The molecule has 0 aliphatic heterocycles. The van der Waals surface area contributed by atoms with Crippen LogP contribution in [0.2, 0.25) is 0 Å². The summed E-state index contributed by atoms with van der Waals surface area (Å²) in [4.78, 5) is 23.6. The van der Waals surface area contributed by atoms with Crippen LogP contribution in [0.5, 0.6) is 5.75 Å². The van der Waals surface area contributed by atoms with Crippen LogP contribution in [0.4, 0.5) is 0 Å². The Labute approximate surface area is 189 Å². The number of hydrogen-bond donors (Lipinski definition) is 3. The zero-order valence-electron chi connectivity index (χ0n) is 18.1. The smallest absolute Gasteiger partial charge is 0.259 e. The zero-order chi connectivity index (χ0) is 22.0. The number of phenols is 1. The molecule has 2 amide bonds. The van der Waals surface area contributed by atoms with E-state index in [-0.39, 0.29) is 18.2 Å². The Morgan fingerprint density at radius 3 is 2.20 bits per heavy atom. The number of hydrogen-bond acceptors (Lipinski definition) is 4. The Kier molecular flexibility index (Phi) is 14.7. The number of carbonyl (C=O) groups is 2. The maximum Gasteiger partial charge on any atom is 0.259 e. The van der Waals surface area contributed by atoms with Crippen molar-refractivity contribution in [2.75, 3.05) is 6.54 Å². The van der Waals surface area contributed by atoms with E-state index in [1.54, 1.807) is 12.1 Å². The van der Waals surface area contributed by atoms with Gasteiger partial charge >= 0.3 is 0 Å². The number of hydrazone groups is 1. The molecule has 0 spiro atoms. The van der Waals surface area contributed by atoms with Gasteiger partial charge in [0.1, 0.15) is 5.75 Å². The number of halogens is 1. The highest BCUT2D eigenvalue weighted by atomic mass is 79.9. The van der Waals surface area contributed by atoms with Crippen molar-refractivity contribution < 1.29 is 14.7 Å². The van der Waals surface area contributed by atoms with Crippen molar-refractivity contribution in [3.05, 3.63) is 28.2 Å². The van der Waals surface area contributed by atoms with Crippen molar-refractivity contribution in [2.24, 2.45) is 5.10 Å². The molecule has 0 heterocycles. The lowest BCUT2D eigenvalue weighted by Gasteiger charge is -2.05. The van der Waals surface area contributed by atoms with Crippen molar-refractivity contribution in [2.45, 2.75) is 84.0 Å². The molecule has 0 radical (unpaired) electrons. The van der Waals surface area contributed by atoms with Gasteiger partial charge in [0.15, 0.2) is 0 Å². The van der Waals surface area contributed by atoms with Gasteiger partial charge in [0.25, 0.3) is 5.91 Å². The summed E-state index contributed by atoms with van der Waals surface area (Å²) >= 11 is 3.30. The summed E-state index contributed by atoms with van der Waals surface area (Å²) < 4.78 is 0.794. The molecule has 0 saturated carbocycles. The summed E-state index contributed by atoms with van der Waals surface area (Å²) in [5, 5.41) is 16.1. The number of nitrogens with zero attached hydrogens (tertiary/aromatic N) is 1. The first-order chi connectivity index (χ1) is 14.5. The lowest BCUT2D eigenvalue weighted by atomic mass is 10.1. The highest BCUT2D eigenvalue weighted by Gasteiger charge is 2.05. The topological polar surface area (TPSA) is 90.8 Å². The Morgan fingerprint density at radius 2 is 1.57 bits per heavy atom. The van der Waals surface area contributed by atoms with Crippen LogP contribution < -0.4 is 10.7 Å². The number of benzene rings is 1. The van der Waals surface area contributed by atoms with Crippen LogP contribution in [0, 0.1) is 0 Å². The average Bonchev–Trinajstić information content (AvgIpc) is 2.73. The standard InChI is InChI=1S/C23H36BrN3O3/c1-2-3-4-5-6-7-8-9-10-11-12-13-22(29)25-18-23(30)27-26-17-19-16-20(24)14-15-21(19)28/h14-17,28H,2-13,18H2,1H3,(H,25,29)(H,27,30). The second-order valence-electron chi connectivity index (χ2n) is 7.56. The Bertz CT molecular complexity index is 665. The van der Waals surface area contributed by atoms with Crippen LogP contribution in [0.1, 0.15) is 89.5 Å². The van der Waals surface area contributed by atoms with Crippen LogP contribution in [0.3, 0.4) is 0 Å². The van der Waals surface area contributed by atoms with E-state index >= 15 is 0 Å². The van der Waals surface area contributed by atoms with Gasteiger partial charge in [0.2, 0.25) is 5.91 Å². The van der Waals surface area contributed by atoms with Gasteiger partial charge in [-0.15, -0.1) is 0 Å². The summed E-state index contributed by atoms with van der Waals surface area (Å²) in [6.45, 7) is 2.13.